The third-order valence-electron chi connectivity index (χ3n) is 4.26. The molecule has 0 aliphatic carbocycles. The van der Waals surface area contributed by atoms with Crippen LogP contribution in [0.5, 0.6) is 11.5 Å². The number of ether oxygens (including phenoxy) is 2. The van der Waals surface area contributed by atoms with Crippen LogP contribution in [0.25, 0.3) is 0 Å². The monoisotopic (exact) mass is 378 g/mol. The van der Waals surface area contributed by atoms with E-state index in [2.05, 4.69) is 26.0 Å². The standard InChI is InChI=1S/C20H26O5S/c1-3-16(2)17-6-8-18(9-7-17)24-14-4-5-15-25-19-10-12-20(13-11-19)26(21,22)23/h6-13,16H,3-5,14-15H2,1-2H3,(H,21,22,23). The molecule has 6 heteroatoms. The maximum atomic E-state index is 11.0. The van der Waals surface area contributed by atoms with Crippen LogP contribution in [0, 0.1) is 0 Å². The summed E-state index contributed by atoms with van der Waals surface area (Å²) < 4.78 is 42.1. The summed E-state index contributed by atoms with van der Waals surface area (Å²) in [5.41, 5.74) is 1.33. The molecule has 0 saturated carbocycles. The fraction of sp³-hybridized carbons (Fsp3) is 0.400. The van der Waals surface area contributed by atoms with Crippen LogP contribution in [0.1, 0.15) is 44.6 Å². The van der Waals surface area contributed by atoms with E-state index >= 15 is 0 Å². The Labute approximate surface area is 155 Å². The number of benzene rings is 2. The summed E-state index contributed by atoms with van der Waals surface area (Å²) in [6.45, 7) is 5.53. The molecule has 0 bridgehead atoms. The summed E-state index contributed by atoms with van der Waals surface area (Å²) in [6, 6.07) is 13.9. The van der Waals surface area contributed by atoms with Gasteiger partial charge in [-0.3, -0.25) is 4.55 Å². The Kier molecular flexibility index (Phi) is 7.48. The molecule has 1 atom stereocenters. The Morgan fingerprint density at radius 1 is 0.885 bits per heavy atom. The second kappa shape index (κ2) is 9.59. The predicted octanol–water partition coefficient (Wildman–Crippen LogP) is 4.68. The predicted molar refractivity (Wildman–Crippen MR) is 102 cm³/mol. The summed E-state index contributed by atoms with van der Waals surface area (Å²) in [5.74, 6) is 2.01. The van der Waals surface area contributed by atoms with Crippen LogP contribution >= 0.6 is 0 Å². The van der Waals surface area contributed by atoms with E-state index in [1.165, 1.54) is 29.8 Å². The van der Waals surface area contributed by atoms with Crippen molar-refractivity contribution >= 4 is 10.1 Å². The van der Waals surface area contributed by atoms with Crippen molar-refractivity contribution < 1.29 is 22.4 Å². The molecule has 0 spiro atoms. The first-order valence-electron chi connectivity index (χ1n) is 8.83. The summed E-state index contributed by atoms with van der Waals surface area (Å²) in [4.78, 5) is -0.141. The second-order valence-corrected chi connectivity index (χ2v) is 7.65. The number of hydrogen-bond donors (Lipinski definition) is 1. The molecule has 5 nitrogen and oxygen atoms in total. The topological polar surface area (TPSA) is 72.8 Å². The van der Waals surface area contributed by atoms with Gasteiger partial charge in [0.2, 0.25) is 0 Å². The van der Waals surface area contributed by atoms with Crippen molar-refractivity contribution in [3.05, 3.63) is 54.1 Å². The van der Waals surface area contributed by atoms with Crippen LogP contribution in [-0.4, -0.2) is 26.2 Å². The highest BCUT2D eigenvalue weighted by Gasteiger charge is 2.08. The molecule has 0 heterocycles. The maximum absolute atomic E-state index is 11.0. The molecule has 0 radical (unpaired) electrons. The SMILES string of the molecule is CCC(C)c1ccc(OCCCCOc2ccc(S(=O)(=O)O)cc2)cc1. The lowest BCUT2D eigenvalue weighted by molar-refractivity contribution is 0.266. The van der Waals surface area contributed by atoms with Gasteiger partial charge in [0.15, 0.2) is 0 Å². The molecule has 2 aromatic rings. The van der Waals surface area contributed by atoms with Gasteiger partial charge in [-0.2, -0.15) is 8.42 Å². The highest BCUT2D eigenvalue weighted by atomic mass is 32.2. The van der Waals surface area contributed by atoms with Gasteiger partial charge in [0.25, 0.3) is 10.1 Å². The highest BCUT2D eigenvalue weighted by molar-refractivity contribution is 7.85. The quantitative estimate of drug-likeness (QED) is 0.480. The zero-order valence-corrected chi connectivity index (χ0v) is 16.0. The number of unbranched alkanes of at least 4 members (excludes halogenated alkanes) is 1. The van der Waals surface area contributed by atoms with Gasteiger partial charge >= 0.3 is 0 Å². The van der Waals surface area contributed by atoms with Crippen LogP contribution < -0.4 is 9.47 Å². The van der Waals surface area contributed by atoms with Crippen molar-refractivity contribution in [3.63, 3.8) is 0 Å². The van der Waals surface area contributed by atoms with Gasteiger partial charge in [0.1, 0.15) is 11.5 Å². The first-order chi connectivity index (χ1) is 12.4. The Morgan fingerprint density at radius 3 is 1.77 bits per heavy atom. The zero-order chi connectivity index (χ0) is 19.0. The highest BCUT2D eigenvalue weighted by Crippen LogP contribution is 2.21. The minimum absolute atomic E-state index is 0.141. The first kappa shape index (κ1) is 20.3. The second-order valence-electron chi connectivity index (χ2n) is 6.23. The molecule has 2 rings (SSSR count). The van der Waals surface area contributed by atoms with Crippen LogP contribution in [0.15, 0.2) is 53.4 Å². The van der Waals surface area contributed by atoms with Gasteiger partial charge in [-0.1, -0.05) is 26.0 Å². The van der Waals surface area contributed by atoms with E-state index in [1.54, 1.807) is 0 Å². The lowest BCUT2D eigenvalue weighted by atomic mass is 9.99. The smallest absolute Gasteiger partial charge is 0.294 e. The molecule has 142 valence electrons. The summed E-state index contributed by atoms with van der Waals surface area (Å²) in [5, 5.41) is 0. The molecular weight excluding hydrogens is 352 g/mol. The first-order valence-corrected chi connectivity index (χ1v) is 10.3. The van der Waals surface area contributed by atoms with E-state index in [0.29, 0.717) is 24.9 Å². The Morgan fingerprint density at radius 2 is 1.35 bits per heavy atom. The molecule has 0 fully saturated rings. The third kappa shape index (κ3) is 6.35. The summed E-state index contributed by atoms with van der Waals surface area (Å²) in [6.07, 6.45) is 2.81. The summed E-state index contributed by atoms with van der Waals surface area (Å²) >= 11 is 0. The minimum Gasteiger partial charge on any atom is -0.494 e. The van der Waals surface area contributed by atoms with Crippen molar-refractivity contribution in [2.24, 2.45) is 0 Å². The fourth-order valence-electron chi connectivity index (χ4n) is 2.42. The molecule has 2 aromatic carbocycles. The van der Waals surface area contributed by atoms with E-state index in [1.807, 2.05) is 12.1 Å². The molecule has 0 saturated heterocycles. The Balaban J connectivity index is 1.65. The normalized spacial score (nSPS) is 12.6. The Hall–Kier alpha value is -2.05. The van der Waals surface area contributed by atoms with Crippen molar-refractivity contribution in [3.8, 4) is 11.5 Å². The maximum Gasteiger partial charge on any atom is 0.294 e. The molecule has 0 aliphatic rings. The molecule has 0 aromatic heterocycles. The zero-order valence-electron chi connectivity index (χ0n) is 15.2. The van der Waals surface area contributed by atoms with Gasteiger partial charge < -0.3 is 9.47 Å². The van der Waals surface area contributed by atoms with Gasteiger partial charge in [0, 0.05) is 0 Å². The molecule has 0 aliphatic heterocycles. The van der Waals surface area contributed by atoms with E-state index in [-0.39, 0.29) is 4.90 Å². The fourth-order valence-corrected chi connectivity index (χ4v) is 2.90. The van der Waals surface area contributed by atoms with E-state index in [0.717, 1.165) is 25.0 Å². The minimum atomic E-state index is -4.16. The van der Waals surface area contributed by atoms with Crippen LogP contribution in [-0.2, 0) is 10.1 Å². The largest absolute Gasteiger partial charge is 0.494 e. The van der Waals surface area contributed by atoms with Gasteiger partial charge in [-0.15, -0.1) is 0 Å². The molecule has 0 amide bonds. The van der Waals surface area contributed by atoms with E-state index < -0.39 is 10.1 Å². The lowest BCUT2D eigenvalue weighted by Crippen LogP contribution is -2.03. The van der Waals surface area contributed by atoms with Gasteiger partial charge in [-0.05, 0) is 67.1 Å². The van der Waals surface area contributed by atoms with Crippen molar-refractivity contribution in [2.75, 3.05) is 13.2 Å². The molecule has 26 heavy (non-hydrogen) atoms. The molecular formula is C20H26O5S. The van der Waals surface area contributed by atoms with Crippen LogP contribution in [0.4, 0.5) is 0 Å². The Bertz CT molecular complexity index is 767. The van der Waals surface area contributed by atoms with Crippen LogP contribution in [0.3, 0.4) is 0 Å². The summed E-state index contributed by atoms with van der Waals surface area (Å²) in [7, 11) is -4.16. The molecule has 1 N–H and O–H groups in total. The van der Waals surface area contributed by atoms with Crippen molar-refractivity contribution in [1.82, 2.24) is 0 Å². The lowest BCUT2D eigenvalue weighted by Gasteiger charge is -2.11. The molecule has 1 unspecified atom stereocenters. The number of rotatable bonds is 10. The third-order valence-corrected chi connectivity index (χ3v) is 5.13. The van der Waals surface area contributed by atoms with Gasteiger partial charge in [0.05, 0.1) is 18.1 Å². The van der Waals surface area contributed by atoms with Crippen molar-refractivity contribution in [2.45, 2.75) is 43.9 Å². The average molecular weight is 378 g/mol. The van der Waals surface area contributed by atoms with Crippen LogP contribution in [0.2, 0.25) is 0 Å². The average Bonchev–Trinajstić information content (AvgIpc) is 2.64. The van der Waals surface area contributed by atoms with E-state index in [4.69, 9.17) is 14.0 Å². The van der Waals surface area contributed by atoms with E-state index in [9.17, 15) is 8.42 Å². The number of hydrogen-bond acceptors (Lipinski definition) is 4. The van der Waals surface area contributed by atoms with Crippen molar-refractivity contribution in [1.29, 1.82) is 0 Å². The van der Waals surface area contributed by atoms with Gasteiger partial charge in [-0.25, -0.2) is 0 Å².